The van der Waals surface area contributed by atoms with Crippen molar-refractivity contribution in [2.24, 2.45) is 0 Å². The maximum atomic E-state index is 10.6. The molecule has 0 aliphatic carbocycles. The Morgan fingerprint density at radius 2 is 1.83 bits per heavy atom. The van der Waals surface area contributed by atoms with Gasteiger partial charge in [0.15, 0.2) is 6.61 Å². The maximum absolute atomic E-state index is 10.6. The quantitative estimate of drug-likeness (QED) is 0.375. The molecule has 12 heavy (non-hydrogen) atoms. The Morgan fingerprint density at radius 3 is 2.50 bits per heavy atom. The minimum absolute atomic E-state index is 0.110. The van der Waals surface area contributed by atoms with Gasteiger partial charge in [-0.2, -0.15) is 0 Å². The van der Waals surface area contributed by atoms with E-state index in [0.29, 0.717) is 0 Å². The third-order valence-electron chi connectivity index (χ3n) is 1.16. The van der Waals surface area contributed by atoms with E-state index in [1.165, 1.54) is 0 Å². The van der Waals surface area contributed by atoms with Gasteiger partial charge in [0.2, 0.25) is 0 Å². The van der Waals surface area contributed by atoms with Gasteiger partial charge < -0.3 is 18.9 Å². The number of hydrogen-bond donors (Lipinski definition) is 0. The first-order chi connectivity index (χ1) is 5.70. The molecule has 6 heteroatoms. The molecule has 2 rings (SSSR count). The largest absolute Gasteiger partial charge is 0.521 e. The average molecular weight is 170 g/mol. The second kappa shape index (κ2) is 2.04. The molecule has 6 nitrogen and oxygen atoms in total. The van der Waals surface area contributed by atoms with Crippen LogP contribution >= 0.6 is 0 Å². The zero-order chi connectivity index (χ0) is 8.60. The Labute approximate surface area is 66.3 Å². The third-order valence-corrected chi connectivity index (χ3v) is 1.16. The van der Waals surface area contributed by atoms with Gasteiger partial charge in [0.05, 0.1) is 0 Å². The number of rotatable bonds is 0. The van der Waals surface area contributed by atoms with Gasteiger partial charge in [0.1, 0.15) is 0 Å². The molecule has 62 valence electrons. The van der Waals surface area contributed by atoms with E-state index in [-0.39, 0.29) is 6.61 Å². The van der Waals surface area contributed by atoms with E-state index in [0.717, 1.165) is 0 Å². The molecule has 1 saturated heterocycles. The molecule has 0 aromatic carbocycles. The van der Waals surface area contributed by atoms with Crippen LogP contribution in [0.25, 0.3) is 0 Å². The lowest BCUT2D eigenvalue weighted by Gasteiger charge is -2.31. The fourth-order valence-electron chi connectivity index (χ4n) is 0.724. The van der Waals surface area contributed by atoms with Crippen LogP contribution in [0.15, 0.2) is 0 Å². The van der Waals surface area contributed by atoms with Crippen LogP contribution in [-0.2, 0) is 18.9 Å². The summed E-state index contributed by atoms with van der Waals surface area (Å²) >= 11 is 0. The van der Waals surface area contributed by atoms with Crippen molar-refractivity contribution in [3.63, 3.8) is 0 Å². The summed E-state index contributed by atoms with van der Waals surface area (Å²) in [5.41, 5.74) is 0. The minimum atomic E-state index is -1.86. The highest BCUT2D eigenvalue weighted by molar-refractivity contribution is 5.69. The summed E-state index contributed by atoms with van der Waals surface area (Å²) in [5, 5.41) is 0. The van der Waals surface area contributed by atoms with Crippen molar-refractivity contribution in [1.82, 2.24) is 0 Å². The lowest BCUT2D eigenvalue weighted by Crippen LogP contribution is -2.51. The van der Waals surface area contributed by atoms with Crippen LogP contribution in [0.5, 0.6) is 0 Å². The number of carbonyl (C=O) groups is 2. The van der Waals surface area contributed by atoms with Gasteiger partial charge in [-0.1, -0.05) is 0 Å². The molecular formula is C6H2O6. The predicted molar refractivity (Wildman–Crippen MR) is 30.5 cm³/mol. The molecule has 0 amide bonds. The highest BCUT2D eigenvalue weighted by Gasteiger charge is 2.54. The van der Waals surface area contributed by atoms with E-state index < -0.39 is 18.3 Å². The van der Waals surface area contributed by atoms with Crippen molar-refractivity contribution < 1.29 is 28.5 Å². The molecule has 0 atom stereocenters. The van der Waals surface area contributed by atoms with Crippen LogP contribution in [0.2, 0.25) is 0 Å². The molecular weight excluding hydrogens is 168 g/mol. The highest BCUT2D eigenvalue weighted by Crippen LogP contribution is 2.27. The monoisotopic (exact) mass is 170 g/mol. The molecule has 0 saturated carbocycles. The summed E-state index contributed by atoms with van der Waals surface area (Å²) in [5.74, 6) is 2.79. The number of cyclic esters (lactones) is 1. The Morgan fingerprint density at radius 1 is 1.17 bits per heavy atom. The van der Waals surface area contributed by atoms with Gasteiger partial charge in [0, 0.05) is 5.92 Å². The van der Waals surface area contributed by atoms with Crippen molar-refractivity contribution in [1.29, 1.82) is 0 Å². The first kappa shape index (κ1) is 6.79. The summed E-state index contributed by atoms with van der Waals surface area (Å²) in [6, 6.07) is 0. The van der Waals surface area contributed by atoms with E-state index in [1.807, 2.05) is 0 Å². The zero-order valence-corrected chi connectivity index (χ0v) is 5.66. The van der Waals surface area contributed by atoms with Gasteiger partial charge in [0.25, 0.3) is 0 Å². The molecule has 1 fully saturated rings. The molecule has 0 bridgehead atoms. The van der Waals surface area contributed by atoms with Crippen LogP contribution < -0.4 is 0 Å². The first-order valence-corrected chi connectivity index (χ1v) is 2.98. The second-order valence-electron chi connectivity index (χ2n) is 1.95. The average Bonchev–Trinajstić information content (AvgIpc) is 2.10. The van der Waals surface area contributed by atoms with Crippen molar-refractivity contribution in [2.75, 3.05) is 6.61 Å². The molecule has 0 radical (unpaired) electrons. The Hall–Kier alpha value is -1.90. The summed E-state index contributed by atoms with van der Waals surface area (Å²) < 4.78 is 17.5. The molecule has 0 aromatic heterocycles. The highest BCUT2D eigenvalue weighted by atomic mass is 17.0. The molecule has 2 heterocycles. The summed E-state index contributed by atoms with van der Waals surface area (Å²) in [4.78, 5) is 20.8. The SMILES string of the molecule is O=C1OCC#CC2(O1)OC(=O)O2. The van der Waals surface area contributed by atoms with E-state index in [2.05, 4.69) is 30.8 Å². The predicted octanol–water partition coefficient (Wildman–Crippen LogP) is -0.0228. The first-order valence-electron chi connectivity index (χ1n) is 2.98. The lowest BCUT2D eigenvalue weighted by atomic mass is 10.5. The summed E-state index contributed by atoms with van der Waals surface area (Å²) in [7, 11) is 0. The third kappa shape index (κ3) is 0.917. The lowest BCUT2D eigenvalue weighted by molar-refractivity contribution is -0.347. The molecule has 1 spiro atoms. The number of hydrogen-bond acceptors (Lipinski definition) is 6. The molecule has 0 aromatic rings. The van der Waals surface area contributed by atoms with Crippen molar-refractivity contribution in [3.05, 3.63) is 0 Å². The van der Waals surface area contributed by atoms with Crippen LogP contribution in [0, 0.1) is 11.8 Å². The zero-order valence-electron chi connectivity index (χ0n) is 5.66. The number of ether oxygens (including phenoxy) is 4. The minimum Gasteiger partial charge on any atom is -0.421 e. The van der Waals surface area contributed by atoms with Gasteiger partial charge in [-0.25, -0.2) is 9.59 Å². The van der Waals surface area contributed by atoms with Gasteiger partial charge >= 0.3 is 18.3 Å². The van der Waals surface area contributed by atoms with Crippen LogP contribution in [0.1, 0.15) is 0 Å². The van der Waals surface area contributed by atoms with Crippen LogP contribution in [0.4, 0.5) is 9.59 Å². The maximum Gasteiger partial charge on any atom is 0.521 e. The van der Waals surface area contributed by atoms with E-state index >= 15 is 0 Å². The number of carbonyl (C=O) groups excluding carboxylic acids is 2. The summed E-state index contributed by atoms with van der Waals surface area (Å²) in [6.45, 7) is -0.110. The van der Waals surface area contributed by atoms with E-state index in [4.69, 9.17) is 0 Å². The van der Waals surface area contributed by atoms with E-state index in [1.54, 1.807) is 0 Å². The smallest absolute Gasteiger partial charge is 0.421 e. The van der Waals surface area contributed by atoms with Gasteiger partial charge in [-0.05, 0) is 5.92 Å². The summed E-state index contributed by atoms with van der Waals surface area (Å²) in [6.07, 6.45) is -1.93. The fourth-order valence-corrected chi connectivity index (χ4v) is 0.724. The molecule has 0 unspecified atom stereocenters. The van der Waals surface area contributed by atoms with Gasteiger partial charge in [-0.3, -0.25) is 0 Å². The standard InChI is InChI=1S/C6H2O6/c7-4-9-3-1-2-6(10-4)11-5(8)12-6/h3H2. The topological polar surface area (TPSA) is 71.1 Å². The molecule has 2 aliphatic rings. The molecule has 2 aliphatic heterocycles. The second-order valence-corrected chi connectivity index (χ2v) is 1.95. The fraction of sp³-hybridized carbons (Fsp3) is 0.333. The van der Waals surface area contributed by atoms with Crippen molar-refractivity contribution in [3.8, 4) is 11.8 Å². The Bertz CT molecular complexity index is 300. The normalized spacial score (nSPS) is 23.0. The van der Waals surface area contributed by atoms with Crippen molar-refractivity contribution >= 4 is 12.3 Å². The van der Waals surface area contributed by atoms with E-state index in [9.17, 15) is 9.59 Å². The van der Waals surface area contributed by atoms with Crippen molar-refractivity contribution in [2.45, 2.75) is 5.97 Å². The van der Waals surface area contributed by atoms with Gasteiger partial charge in [-0.15, -0.1) is 0 Å². The molecule has 0 N–H and O–H groups in total. The van der Waals surface area contributed by atoms with Crippen LogP contribution in [0.3, 0.4) is 0 Å². The Balaban J connectivity index is 2.17. The van der Waals surface area contributed by atoms with Crippen LogP contribution in [-0.4, -0.2) is 24.9 Å². The Kier molecular flexibility index (Phi) is 1.16.